The monoisotopic (exact) mass is 422 g/mol. The van der Waals surface area contributed by atoms with Crippen LogP contribution in [0.15, 0.2) is 11.6 Å². The number of aliphatic hydroxyl groups is 3. The lowest BCUT2D eigenvalue weighted by molar-refractivity contribution is -0.178. The Morgan fingerprint density at radius 3 is 2.72 bits per heavy atom. The van der Waals surface area contributed by atoms with Crippen molar-refractivity contribution in [2.75, 3.05) is 18.1 Å². The first-order chi connectivity index (χ1) is 13.7. The molecule has 0 aromatic carbocycles. The second-order valence-electron chi connectivity index (χ2n) is 10.2. The summed E-state index contributed by atoms with van der Waals surface area (Å²) in [5, 5.41) is 31.9. The third kappa shape index (κ3) is 3.08. The molecule has 0 aromatic rings. The summed E-state index contributed by atoms with van der Waals surface area (Å²) in [6.07, 6.45) is 6.08. The van der Waals surface area contributed by atoms with Gasteiger partial charge in [0.15, 0.2) is 11.6 Å². The van der Waals surface area contributed by atoms with E-state index in [0.717, 1.165) is 25.7 Å². The molecule has 0 bridgehead atoms. The van der Waals surface area contributed by atoms with E-state index in [4.69, 9.17) is 5.11 Å². The maximum absolute atomic E-state index is 13.0. The van der Waals surface area contributed by atoms with Crippen molar-refractivity contribution in [2.45, 2.75) is 70.5 Å². The quantitative estimate of drug-likeness (QED) is 0.590. The van der Waals surface area contributed by atoms with Gasteiger partial charge in [0.2, 0.25) is 0 Å². The Balaban J connectivity index is 1.63. The number of fused-ring (bicyclic) bond motifs is 5. The highest BCUT2D eigenvalue weighted by Crippen LogP contribution is 2.67. The fourth-order valence-electron chi connectivity index (χ4n) is 7.50. The Morgan fingerprint density at radius 1 is 1.24 bits per heavy atom. The average Bonchev–Trinajstić information content (AvgIpc) is 2.94. The molecule has 6 heteroatoms. The molecule has 3 saturated carbocycles. The van der Waals surface area contributed by atoms with Crippen molar-refractivity contribution in [1.29, 1.82) is 0 Å². The number of rotatable bonds is 5. The van der Waals surface area contributed by atoms with Crippen LogP contribution >= 0.6 is 11.8 Å². The van der Waals surface area contributed by atoms with Gasteiger partial charge in [-0.1, -0.05) is 19.4 Å². The van der Waals surface area contributed by atoms with Crippen LogP contribution in [0.2, 0.25) is 0 Å². The van der Waals surface area contributed by atoms with Gasteiger partial charge in [0.1, 0.15) is 5.60 Å². The Bertz CT molecular complexity index is 735. The molecule has 0 amide bonds. The second kappa shape index (κ2) is 7.47. The van der Waals surface area contributed by atoms with Gasteiger partial charge < -0.3 is 15.3 Å². The van der Waals surface area contributed by atoms with E-state index in [2.05, 4.69) is 6.92 Å². The standard InChI is InChI=1S/C23H34O5S/c1-21-7-5-15(25)11-14(21)3-4-16-17-6-8-23(28,19(27)13-29-10-9-24)22(17,2)12-18(26)20(16)21/h11,16-18,20,24,26,28H,3-10,12-13H2,1-2H3/t16-,17+,18-,20-,21-,22-,23-/m0/s1. The Morgan fingerprint density at radius 2 is 2.00 bits per heavy atom. The zero-order valence-electron chi connectivity index (χ0n) is 17.5. The van der Waals surface area contributed by atoms with Crippen LogP contribution in [0.5, 0.6) is 0 Å². The van der Waals surface area contributed by atoms with E-state index < -0.39 is 17.1 Å². The van der Waals surface area contributed by atoms with E-state index in [1.54, 1.807) is 0 Å². The van der Waals surface area contributed by atoms with Crippen molar-refractivity contribution in [2.24, 2.45) is 28.6 Å². The van der Waals surface area contributed by atoms with Gasteiger partial charge in [-0.25, -0.2) is 0 Å². The van der Waals surface area contributed by atoms with Crippen LogP contribution in [-0.4, -0.2) is 56.7 Å². The molecule has 5 nitrogen and oxygen atoms in total. The molecular formula is C23H34O5S. The predicted molar refractivity (Wildman–Crippen MR) is 112 cm³/mol. The summed E-state index contributed by atoms with van der Waals surface area (Å²) in [4.78, 5) is 25.0. The lowest BCUT2D eigenvalue weighted by Gasteiger charge is -2.60. The Kier molecular flexibility index (Phi) is 5.55. The second-order valence-corrected chi connectivity index (χ2v) is 11.3. The van der Waals surface area contributed by atoms with E-state index in [0.29, 0.717) is 25.0 Å². The smallest absolute Gasteiger partial charge is 0.174 e. The molecule has 0 saturated heterocycles. The van der Waals surface area contributed by atoms with Crippen molar-refractivity contribution < 1.29 is 24.9 Å². The minimum absolute atomic E-state index is 0.0235. The zero-order chi connectivity index (χ0) is 21.0. The van der Waals surface area contributed by atoms with Crippen LogP contribution in [-0.2, 0) is 9.59 Å². The first-order valence-corrected chi connectivity index (χ1v) is 12.2. The lowest BCUT2D eigenvalue weighted by atomic mass is 9.45. The van der Waals surface area contributed by atoms with Gasteiger partial charge in [-0.3, -0.25) is 9.59 Å². The van der Waals surface area contributed by atoms with Gasteiger partial charge in [-0.2, -0.15) is 11.8 Å². The van der Waals surface area contributed by atoms with Crippen LogP contribution in [0.25, 0.3) is 0 Å². The topological polar surface area (TPSA) is 94.8 Å². The fourth-order valence-corrected chi connectivity index (χ4v) is 8.20. The number of carbonyl (C=O) groups is 2. The zero-order valence-corrected chi connectivity index (χ0v) is 18.3. The lowest BCUT2D eigenvalue weighted by Crippen LogP contribution is -2.62. The number of hydrogen-bond donors (Lipinski definition) is 3. The molecule has 3 N–H and O–H groups in total. The minimum atomic E-state index is -1.40. The molecule has 162 valence electrons. The molecule has 0 spiro atoms. The molecule has 7 atom stereocenters. The van der Waals surface area contributed by atoms with Gasteiger partial charge in [-0.15, -0.1) is 0 Å². The Hall–Kier alpha value is -0.690. The molecule has 0 radical (unpaired) electrons. The third-order valence-corrected chi connectivity index (χ3v) is 9.92. The van der Waals surface area contributed by atoms with Crippen molar-refractivity contribution in [3.8, 4) is 0 Å². The normalized spacial score (nSPS) is 46.5. The predicted octanol–water partition coefficient (Wildman–Crippen LogP) is 2.51. The fraction of sp³-hybridized carbons (Fsp3) is 0.826. The minimum Gasteiger partial charge on any atom is -0.396 e. The summed E-state index contributed by atoms with van der Waals surface area (Å²) in [5.74, 6) is 1.31. The first kappa shape index (κ1) is 21.5. The number of thioether (sulfide) groups is 1. The summed E-state index contributed by atoms with van der Waals surface area (Å²) in [6.45, 7) is 4.25. The van der Waals surface area contributed by atoms with Gasteiger partial charge in [-0.05, 0) is 67.8 Å². The van der Waals surface area contributed by atoms with E-state index in [1.807, 2.05) is 13.0 Å². The number of ketones is 2. The summed E-state index contributed by atoms with van der Waals surface area (Å²) >= 11 is 1.36. The summed E-state index contributed by atoms with van der Waals surface area (Å²) < 4.78 is 0. The number of Topliss-reactive ketones (excluding diaryl/α,β-unsaturated/α-hetero) is 1. The Labute approximate surface area is 177 Å². The number of hydrogen-bond acceptors (Lipinski definition) is 6. The molecule has 4 rings (SSSR count). The number of aliphatic hydroxyl groups excluding tert-OH is 2. The highest BCUT2D eigenvalue weighted by atomic mass is 32.2. The summed E-state index contributed by atoms with van der Waals surface area (Å²) in [7, 11) is 0. The van der Waals surface area contributed by atoms with E-state index in [9.17, 15) is 19.8 Å². The van der Waals surface area contributed by atoms with Crippen molar-refractivity contribution in [3.63, 3.8) is 0 Å². The van der Waals surface area contributed by atoms with Crippen LogP contribution in [0.1, 0.15) is 58.8 Å². The molecule has 29 heavy (non-hydrogen) atoms. The first-order valence-electron chi connectivity index (χ1n) is 11.0. The maximum atomic E-state index is 13.0. The third-order valence-electron chi connectivity index (χ3n) is 8.98. The van der Waals surface area contributed by atoms with Gasteiger partial charge in [0.25, 0.3) is 0 Å². The van der Waals surface area contributed by atoms with E-state index in [1.165, 1.54) is 17.3 Å². The van der Waals surface area contributed by atoms with Gasteiger partial charge >= 0.3 is 0 Å². The molecule has 0 aromatic heterocycles. The molecule has 4 aliphatic rings. The maximum Gasteiger partial charge on any atom is 0.174 e. The van der Waals surface area contributed by atoms with E-state index in [-0.39, 0.29) is 47.1 Å². The molecule has 0 aliphatic heterocycles. The van der Waals surface area contributed by atoms with Crippen molar-refractivity contribution >= 4 is 23.3 Å². The SMILES string of the molecule is C[C@]12CCC(=O)C=C1CC[C@@H]1[C@H]2[C@@H](O)C[C@@]2(C)[C@@H]1CC[C@]2(O)C(=O)CSCCO. The molecule has 4 aliphatic carbocycles. The molecule has 0 unspecified atom stereocenters. The highest BCUT2D eigenvalue weighted by molar-refractivity contribution is 7.99. The van der Waals surface area contributed by atoms with Gasteiger partial charge in [0.05, 0.1) is 18.5 Å². The molecule has 0 heterocycles. The average molecular weight is 423 g/mol. The van der Waals surface area contributed by atoms with Crippen LogP contribution in [0, 0.1) is 28.6 Å². The summed E-state index contributed by atoms with van der Waals surface area (Å²) in [6, 6.07) is 0. The van der Waals surface area contributed by atoms with Crippen molar-refractivity contribution in [3.05, 3.63) is 11.6 Å². The van der Waals surface area contributed by atoms with Gasteiger partial charge in [0, 0.05) is 17.6 Å². The highest BCUT2D eigenvalue weighted by Gasteiger charge is 2.68. The van der Waals surface area contributed by atoms with Crippen LogP contribution in [0.4, 0.5) is 0 Å². The molecular weight excluding hydrogens is 388 g/mol. The van der Waals surface area contributed by atoms with Crippen molar-refractivity contribution in [1.82, 2.24) is 0 Å². The van der Waals surface area contributed by atoms with Crippen LogP contribution in [0.3, 0.4) is 0 Å². The largest absolute Gasteiger partial charge is 0.396 e. The number of allylic oxidation sites excluding steroid dienone is 1. The van der Waals surface area contributed by atoms with E-state index >= 15 is 0 Å². The number of carbonyl (C=O) groups excluding carboxylic acids is 2. The van der Waals surface area contributed by atoms with Crippen LogP contribution < -0.4 is 0 Å². The summed E-state index contributed by atoms with van der Waals surface area (Å²) in [5.41, 5.74) is -0.973. The molecule has 3 fully saturated rings.